The van der Waals surface area contributed by atoms with Crippen LogP contribution in [0.4, 0.5) is 0 Å². The van der Waals surface area contributed by atoms with E-state index in [1.54, 1.807) is 0 Å². The lowest BCUT2D eigenvalue weighted by molar-refractivity contribution is -0.139. The van der Waals surface area contributed by atoms with Crippen molar-refractivity contribution in [3.63, 3.8) is 0 Å². The van der Waals surface area contributed by atoms with Crippen molar-refractivity contribution in [2.24, 2.45) is 11.8 Å². The fraction of sp³-hybridized carbons (Fsp3) is 0.867. The largest absolute Gasteiger partial charge is 0.348 e. The second-order valence-corrected chi connectivity index (χ2v) is 6.04. The van der Waals surface area contributed by atoms with Crippen LogP contribution in [0.1, 0.15) is 59.3 Å². The van der Waals surface area contributed by atoms with Gasteiger partial charge in [0.15, 0.2) is 0 Å². The lowest BCUT2D eigenvalue weighted by Gasteiger charge is -2.28. The maximum Gasteiger partial charge on any atom is 0.309 e. The zero-order chi connectivity index (χ0) is 14.3. The smallest absolute Gasteiger partial charge is 0.309 e. The molecule has 0 spiro atoms. The van der Waals surface area contributed by atoms with Crippen molar-refractivity contribution in [1.29, 1.82) is 0 Å². The third-order valence-electron chi connectivity index (χ3n) is 3.97. The minimum Gasteiger partial charge on any atom is -0.348 e. The summed E-state index contributed by atoms with van der Waals surface area (Å²) in [6.07, 6.45) is 6.46. The minimum atomic E-state index is -0.488. The van der Waals surface area contributed by atoms with Gasteiger partial charge >= 0.3 is 11.8 Å². The van der Waals surface area contributed by atoms with Gasteiger partial charge in [-0.1, -0.05) is 27.2 Å². The number of rotatable bonds is 5. The van der Waals surface area contributed by atoms with Gasteiger partial charge in [-0.15, -0.1) is 0 Å². The van der Waals surface area contributed by atoms with Gasteiger partial charge in [-0.25, -0.2) is 0 Å². The van der Waals surface area contributed by atoms with Gasteiger partial charge in [-0.05, 0) is 43.9 Å². The Morgan fingerprint density at radius 1 is 1.11 bits per heavy atom. The van der Waals surface area contributed by atoms with E-state index in [0.717, 1.165) is 38.0 Å². The van der Waals surface area contributed by atoms with Gasteiger partial charge in [0.25, 0.3) is 0 Å². The standard InChI is InChI=1S/C15H28N2O2/c1-4-12-5-7-13(8-6-12)17-15(19)14(18)16-10-9-11(2)3/h11-13H,4-10H2,1-3H3,(H,16,18)(H,17,19). The van der Waals surface area contributed by atoms with Crippen LogP contribution in [0.15, 0.2) is 0 Å². The summed E-state index contributed by atoms with van der Waals surface area (Å²) in [4.78, 5) is 23.3. The molecule has 0 radical (unpaired) electrons. The molecule has 0 atom stereocenters. The number of amides is 2. The Hall–Kier alpha value is -1.06. The monoisotopic (exact) mass is 268 g/mol. The maximum atomic E-state index is 11.7. The van der Waals surface area contributed by atoms with Gasteiger partial charge in [0.1, 0.15) is 0 Å². The fourth-order valence-electron chi connectivity index (χ4n) is 2.52. The first kappa shape index (κ1) is 16.0. The van der Waals surface area contributed by atoms with Crippen LogP contribution in [-0.2, 0) is 9.59 Å². The summed E-state index contributed by atoms with van der Waals surface area (Å²) in [6, 6.07) is 0.186. The Bertz CT molecular complexity index is 295. The molecule has 1 aliphatic carbocycles. The number of hydrogen-bond acceptors (Lipinski definition) is 2. The van der Waals surface area contributed by atoms with Crippen LogP contribution in [-0.4, -0.2) is 24.4 Å². The third-order valence-corrected chi connectivity index (χ3v) is 3.97. The Kier molecular flexibility index (Phi) is 6.89. The molecule has 0 aromatic rings. The molecule has 0 aliphatic heterocycles. The Morgan fingerprint density at radius 2 is 1.74 bits per heavy atom. The van der Waals surface area contributed by atoms with Gasteiger partial charge in [-0.3, -0.25) is 9.59 Å². The predicted octanol–water partition coefficient (Wildman–Crippen LogP) is 2.23. The summed E-state index contributed by atoms with van der Waals surface area (Å²) >= 11 is 0. The normalized spacial score (nSPS) is 23.2. The highest BCUT2D eigenvalue weighted by atomic mass is 16.2. The first-order valence-electron chi connectivity index (χ1n) is 7.61. The third kappa shape index (κ3) is 6.08. The highest BCUT2D eigenvalue weighted by molar-refractivity contribution is 6.35. The molecule has 0 aromatic heterocycles. The minimum absolute atomic E-state index is 0.186. The van der Waals surface area contributed by atoms with Crippen LogP contribution in [0.3, 0.4) is 0 Å². The van der Waals surface area contributed by atoms with Gasteiger partial charge in [0.05, 0.1) is 0 Å². The highest BCUT2D eigenvalue weighted by Crippen LogP contribution is 2.26. The van der Waals surface area contributed by atoms with Crippen molar-refractivity contribution >= 4 is 11.8 Å². The van der Waals surface area contributed by atoms with Crippen molar-refractivity contribution in [1.82, 2.24) is 10.6 Å². The van der Waals surface area contributed by atoms with E-state index < -0.39 is 11.8 Å². The van der Waals surface area contributed by atoms with E-state index in [1.165, 1.54) is 6.42 Å². The molecule has 0 aromatic carbocycles. The zero-order valence-electron chi connectivity index (χ0n) is 12.5. The average molecular weight is 268 g/mol. The predicted molar refractivity (Wildman–Crippen MR) is 76.6 cm³/mol. The van der Waals surface area contributed by atoms with Gasteiger partial charge in [-0.2, -0.15) is 0 Å². The van der Waals surface area contributed by atoms with Crippen LogP contribution in [0.5, 0.6) is 0 Å². The van der Waals surface area contributed by atoms with E-state index in [9.17, 15) is 9.59 Å². The molecule has 0 unspecified atom stereocenters. The van der Waals surface area contributed by atoms with Crippen LogP contribution >= 0.6 is 0 Å². The molecule has 0 saturated heterocycles. The fourth-order valence-corrected chi connectivity index (χ4v) is 2.52. The summed E-state index contributed by atoms with van der Waals surface area (Å²) < 4.78 is 0. The second-order valence-electron chi connectivity index (χ2n) is 6.04. The SMILES string of the molecule is CCC1CCC(NC(=O)C(=O)NCCC(C)C)CC1. The quantitative estimate of drug-likeness (QED) is 0.751. The molecule has 2 amide bonds. The maximum absolute atomic E-state index is 11.7. The van der Waals surface area contributed by atoms with Crippen LogP contribution in [0.25, 0.3) is 0 Å². The summed E-state index contributed by atoms with van der Waals surface area (Å²) in [5.74, 6) is 0.377. The van der Waals surface area contributed by atoms with Crippen LogP contribution < -0.4 is 10.6 Å². The van der Waals surface area contributed by atoms with Crippen molar-refractivity contribution in [2.45, 2.75) is 65.3 Å². The molecule has 0 heterocycles. The molecule has 1 saturated carbocycles. The van der Waals surface area contributed by atoms with E-state index in [4.69, 9.17) is 0 Å². The first-order chi connectivity index (χ1) is 9.02. The van der Waals surface area contributed by atoms with Crippen LogP contribution in [0, 0.1) is 11.8 Å². The Balaban J connectivity index is 2.21. The zero-order valence-corrected chi connectivity index (χ0v) is 12.5. The van der Waals surface area contributed by atoms with Gasteiger partial charge in [0.2, 0.25) is 0 Å². The number of carbonyl (C=O) groups is 2. The number of hydrogen-bond donors (Lipinski definition) is 2. The first-order valence-corrected chi connectivity index (χ1v) is 7.61. The molecular formula is C15H28N2O2. The van der Waals surface area contributed by atoms with Gasteiger partial charge in [0, 0.05) is 12.6 Å². The average Bonchev–Trinajstić information content (AvgIpc) is 2.39. The molecule has 1 aliphatic rings. The Morgan fingerprint density at radius 3 is 2.26 bits per heavy atom. The van der Waals surface area contributed by atoms with Crippen molar-refractivity contribution in [3.05, 3.63) is 0 Å². The highest BCUT2D eigenvalue weighted by Gasteiger charge is 2.23. The Labute approximate surface area is 116 Å². The van der Waals surface area contributed by atoms with Crippen LogP contribution in [0.2, 0.25) is 0 Å². The molecule has 19 heavy (non-hydrogen) atoms. The molecular weight excluding hydrogens is 240 g/mol. The number of nitrogens with one attached hydrogen (secondary N) is 2. The van der Waals surface area contributed by atoms with Crippen molar-refractivity contribution in [2.75, 3.05) is 6.54 Å². The van der Waals surface area contributed by atoms with E-state index in [0.29, 0.717) is 12.5 Å². The molecule has 1 rings (SSSR count). The van der Waals surface area contributed by atoms with E-state index >= 15 is 0 Å². The summed E-state index contributed by atoms with van der Waals surface area (Å²) in [7, 11) is 0. The molecule has 4 heteroatoms. The molecule has 1 fully saturated rings. The lowest BCUT2D eigenvalue weighted by atomic mass is 9.84. The van der Waals surface area contributed by atoms with Crippen molar-refractivity contribution < 1.29 is 9.59 Å². The van der Waals surface area contributed by atoms with E-state index in [-0.39, 0.29) is 6.04 Å². The van der Waals surface area contributed by atoms with E-state index in [2.05, 4.69) is 31.4 Å². The topological polar surface area (TPSA) is 58.2 Å². The summed E-state index contributed by atoms with van der Waals surface area (Å²) in [5.41, 5.74) is 0. The van der Waals surface area contributed by atoms with Gasteiger partial charge < -0.3 is 10.6 Å². The molecule has 110 valence electrons. The number of carbonyl (C=O) groups excluding carboxylic acids is 2. The van der Waals surface area contributed by atoms with E-state index in [1.807, 2.05) is 0 Å². The summed E-state index contributed by atoms with van der Waals surface area (Å²) in [5, 5.41) is 5.52. The summed E-state index contributed by atoms with van der Waals surface area (Å²) in [6.45, 7) is 6.98. The van der Waals surface area contributed by atoms with Crippen molar-refractivity contribution in [3.8, 4) is 0 Å². The molecule has 2 N–H and O–H groups in total. The molecule has 0 bridgehead atoms. The lowest BCUT2D eigenvalue weighted by Crippen LogP contribution is -2.46. The molecule has 4 nitrogen and oxygen atoms in total. The second kappa shape index (κ2) is 8.18.